The maximum Gasteiger partial charge on any atom is 0.269 e. The van der Waals surface area contributed by atoms with Crippen molar-refractivity contribution < 1.29 is 9.66 Å². The van der Waals surface area contributed by atoms with Gasteiger partial charge in [-0.3, -0.25) is 10.1 Å². The van der Waals surface area contributed by atoms with Crippen molar-refractivity contribution in [2.45, 2.75) is 37.3 Å². The van der Waals surface area contributed by atoms with Crippen LogP contribution in [0.3, 0.4) is 0 Å². The van der Waals surface area contributed by atoms with Crippen LogP contribution in [0.15, 0.2) is 53.7 Å². The number of nitro benzene ring substituents is 1. The van der Waals surface area contributed by atoms with Gasteiger partial charge in [0.1, 0.15) is 12.4 Å². The Hall–Kier alpha value is -3.07. The number of nitrogen functional groups attached to an aromatic ring is 1. The van der Waals surface area contributed by atoms with Gasteiger partial charge in [-0.05, 0) is 29.2 Å². The van der Waals surface area contributed by atoms with Gasteiger partial charge in [-0.15, -0.1) is 10.2 Å². The molecule has 3 rings (SSSR count). The van der Waals surface area contributed by atoms with E-state index in [1.807, 2.05) is 24.3 Å². The van der Waals surface area contributed by atoms with E-state index in [2.05, 4.69) is 24.0 Å². The Morgan fingerprint density at radius 3 is 2.43 bits per heavy atom. The Morgan fingerprint density at radius 1 is 1.14 bits per heavy atom. The summed E-state index contributed by atoms with van der Waals surface area (Å²) in [5, 5.41) is 19.4. The van der Waals surface area contributed by atoms with Crippen LogP contribution in [0.5, 0.6) is 5.75 Å². The summed E-state index contributed by atoms with van der Waals surface area (Å²) in [5.41, 5.74) is 2.25. The second-order valence-electron chi connectivity index (χ2n) is 6.49. The van der Waals surface area contributed by atoms with Crippen molar-refractivity contribution in [1.82, 2.24) is 14.9 Å². The first-order chi connectivity index (χ1) is 13.4. The quantitative estimate of drug-likeness (QED) is 0.265. The Labute approximate surface area is 166 Å². The Balaban J connectivity index is 1.56. The monoisotopic (exact) mass is 399 g/mol. The van der Waals surface area contributed by atoms with Crippen molar-refractivity contribution in [3.05, 3.63) is 75.6 Å². The van der Waals surface area contributed by atoms with Crippen molar-refractivity contribution >= 4 is 17.4 Å². The first kappa shape index (κ1) is 19.7. The van der Waals surface area contributed by atoms with Crippen molar-refractivity contribution in [3.63, 3.8) is 0 Å². The van der Waals surface area contributed by atoms with E-state index < -0.39 is 4.92 Å². The van der Waals surface area contributed by atoms with E-state index in [9.17, 15) is 10.1 Å². The van der Waals surface area contributed by atoms with Gasteiger partial charge in [-0.25, -0.2) is 4.68 Å². The lowest BCUT2D eigenvalue weighted by molar-refractivity contribution is -0.384. The first-order valence-corrected chi connectivity index (χ1v) is 9.71. The maximum absolute atomic E-state index is 10.7. The predicted molar refractivity (Wildman–Crippen MR) is 108 cm³/mol. The fourth-order valence-corrected chi connectivity index (χ4v) is 3.29. The number of nitrogens with two attached hydrogens (primary N) is 1. The highest BCUT2D eigenvalue weighted by atomic mass is 32.2. The SMILES string of the molecule is CC(C)c1ccc(OCc2nnc(SCc3ccc([N+](=O)[O-])cc3)n2N)cc1. The smallest absolute Gasteiger partial charge is 0.269 e. The van der Waals surface area contributed by atoms with Crippen molar-refractivity contribution in [3.8, 4) is 5.75 Å². The van der Waals surface area contributed by atoms with Crippen LogP contribution in [0.4, 0.5) is 5.69 Å². The van der Waals surface area contributed by atoms with E-state index in [4.69, 9.17) is 10.6 Å². The summed E-state index contributed by atoms with van der Waals surface area (Å²) in [6.45, 7) is 4.49. The van der Waals surface area contributed by atoms with Crippen LogP contribution in [0.1, 0.15) is 36.7 Å². The second-order valence-corrected chi connectivity index (χ2v) is 7.44. The number of ether oxygens (including phenoxy) is 1. The van der Waals surface area contributed by atoms with E-state index in [1.54, 1.807) is 12.1 Å². The molecule has 0 aliphatic heterocycles. The molecule has 146 valence electrons. The average molecular weight is 399 g/mol. The van der Waals surface area contributed by atoms with Gasteiger partial charge < -0.3 is 10.6 Å². The normalized spacial score (nSPS) is 11.0. The molecule has 0 unspecified atom stereocenters. The van der Waals surface area contributed by atoms with Crippen LogP contribution >= 0.6 is 11.8 Å². The van der Waals surface area contributed by atoms with Gasteiger partial charge in [0.15, 0.2) is 5.82 Å². The minimum atomic E-state index is -0.421. The molecule has 9 heteroatoms. The van der Waals surface area contributed by atoms with Crippen LogP contribution in [-0.2, 0) is 12.4 Å². The lowest BCUT2D eigenvalue weighted by Crippen LogP contribution is -2.15. The number of rotatable bonds is 8. The van der Waals surface area contributed by atoms with Crippen LogP contribution < -0.4 is 10.6 Å². The minimum Gasteiger partial charge on any atom is -0.486 e. The van der Waals surface area contributed by atoms with Gasteiger partial charge in [-0.1, -0.05) is 49.9 Å². The molecular weight excluding hydrogens is 378 g/mol. The molecule has 0 aliphatic carbocycles. The van der Waals surface area contributed by atoms with Crippen molar-refractivity contribution in [2.24, 2.45) is 0 Å². The Morgan fingerprint density at radius 2 is 1.82 bits per heavy atom. The molecule has 0 bridgehead atoms. The number of hydrogen-bond donors (Lipinski definition) is 1. The largest absolute Gasteiger partial charge is 0.486 e. The molecule has 8 nitrogen and oxygen atoms in total. The molecule has 28 heavy (non-hydrogen) atoms. The van der Waals surface area contributed by atoms with Gasteiger partial charge in [-0.2, -0.15) is 0 Å². The van der Waals surface area contributed by atoms with Crippen LogP contribution in [-0.4, -0.2) is 19.8 Å². The highest BCUT2D eigenvalue weighted by Crippen LogP contribution is 2.23. The van der Waals surface area contributed by atoms with Gasteiger partial charge in [0.25, 0.3) is 5.69 Å². The summed E-state index contributed by atoms with van der Waals surface area (Å²) in [6.07, 6.45) is 0. The number of benzene rings is 2. The van der Waals surface area contributed by atoms with Crippen molar-refractivity contribution in [1.29, 1.82) is 0 Å². The summed E-state index contributed by atoms with van der Waals surface area (Å²) in [4.78, 5) is 10.3. The fraction of sp³-hybridized carbons (Fsp3) is 0.263. The molecule has 0 atom stereocenters. The summed E-state index contributed by atoms with van der Waals surface area (Å²) in [5.74, 6) is 8.36. The van der Waals surface area contributed by atoms with Crippen LogP contribution in [0.25, 0.3) is 0 Å². The van der Waals surface area contributed by atoms with Gasteiger partial charge in [0.05, 0.1) is 4.92 Å². The minimum absolute atomic E-state index is 0.0663. The summed E-state index contributed by atoms with van der Waals surface area (Å²) < 4.78 is 7.14. The number of thioether (sulfide) groups is 1. The molecule has 0 radical (unpaired) electrons. The molecular formula is C19H21N5O3S. The summed E-state index contributed by atoms with van der Waals surface area (Å²) in [6, 6.07) is 14.3. The van der Waals surface area contributed by atoms with Crippen LogP contribution in [0.2, 0.25) is 0 Å². The molecule has 0 fully saturated rings. The summed E-state index contributed by atoms with van der Waals surface area (Å²) >= 11 is 1.40. The zero-order valence-corrected chi connectivity index (χ0v) is 16.4. The van der Waals surface area contributed by atoms with E-state index in [-0.39, 0.29) is 12.3 Å². The lowest BCUT2D eigenvalue weighted by atomic mass is 10.0. The Bertz CT molecular complexity index is 939. The predicted octanol–water partition coefficient (Wildman–Crippen LogP) is 3.89. The molecule has 2 aromatic carbocycles. The third-order valence-electron chi connectivity index (χ3n) is 4.16. The average Bonchev–Trinajstić information content (AvgIpc) is 3.05. The Kier molecular flexibility index (Phi) is 6.15. The molecule has 3 aromatic rings. The standard InChI is InChI=1S/C19H21N5O3S/c1-13(2)15-5-9-17(10-6-15)27-11-18-21-22-19(23(18)20)28-12-14-3-7-16(8-4-14)24(25)26/h3-10,13H,11-12,20H2,1-2H3. The zero-order chi connectivity index (χ0) is 20.1. The second kappa shape index (κ2) is 8.75. The topological polar surface area (TPSA) is 109 Å². The number of hydrogen-bond acceptors (Lipinski definition) is 7. The number of nitro groups is 1. The highest BCUT2D eigenvalue weighted by Gasteiger charge is 2.12. The molecule has 0 spiro atoms. The highest BCUT2D eigenvalue weighted by molar-refractivity contribution is 7.98. The first-order valence-electron chi connectivity index (χ1n) is 8.72. The molecule has 0 saturated heterocycles. The van der Waals surface area contributed by atoms with Gasteiger partial charge >= 0.3 is 0 Å². The number of aromatic nitrogens is 3. The van der Waals surface area contributed by atoms with Crippen LogP contribution in [0, 0.1) is 10.1 Å². The fourth-order valence-electron chi connectivity index (χ4n) is 2.46. The molecule has 0 aliphatic rings. The van der Waals surface area contributed by atoms with Gasteiger partial charge in [0.2, 0.25) is 5.16 Å². The molecule has 1 aromatic heterocycles. The number of nitrogens with zero attached hydrogens (tertiary/aromatic N) is 4. The third kappa shape index (κ3) is 4.80. The van der Waals surface area contributed by atoms with Crippen molar-refractivity contribution in [2.75, 3.05) is 5.84 Å². The third-order valence-corrected chi connectivity index (χ3v) is 5.18. The molecule has 2 N–H and O–H groups in total. The molecule has 0 saturated carbocycles. The van der Waals surface area contributed by atoms with E-state index in [1.165, 1.54) is 34.1 Å². The van der Waals surface area contributed by atoms with E-state index in [0.717, 1.165) is 11.3 Å². The van der Waals surface area contributed by atoms with E-state index in [0.29, 0.717) is 22.7 Å². The maximum atomic E-state index is 10.7. The van der Waals surface area contributed by atoms with Gasteiger partial charge in [0, 0.05) is 17.9 Å². The summed E-state index contributed by atoms with van der Waals surface area (Å²) in [7, 11) is 0. The molecule has 1 heterocycles. The molecule has 0 amide bonds. The van der Waals surface area contributed by atoms with E-state index >= 15 is 0 Å². The number of non-ortho nitro benzene ring substituents is 1. The zero-order valence-electron chi connectivity index (χ0n) is 15.6. The lowest BCUT2D eigenvalue weighted by Gasteiger charge is -2.09.